The zero-order chi connectivity index (χ0) is 21.0. The molecule has 29 heavy (non-hydrogen) atoms. The molecule has 1 aromatic heterocycles. The maximum Gasteiger partial charge on any atom is 0.349 e. The van der Waals surface area contributed by atoms with Crippen LogP contribution in [0.25, 0.3) is 11.0 Å². The summed E-state index contributed by atoms with van der Waals surface area (Å²) in [6.45, 7) is 8.56. The van der Waals surface area contributed by atoms with Gasteiger partial charge in [-0.25, -0.2) is 4.79 Å². The highest BCUT2D eigenvalue weighted by atomic mass is 16.5. The van der Waals surface area contributed by atoms with E-state index in [1.807, 2.05) is 26.0 Å². The molecule has 0 aliphatic heterocycles. The smallest absolute Gasteiger partial charge is 0.349 e. The van der Waals surface area contributed by atoms with Crippen LogP contribution in [0.15, 0.2) is 57.7 Å². The van der Waals surface area contributed by atoms with E-state index in [0.29, 0.717) is 29.2 Å². The predicted molar refractivity (Wildman–Crippen MR) is 115 cm³/mol. The highest BCUT2D eigenvalue weighted by Crippen LogP contribution is 2.25. The first kappa shape index (κ1) is 20.6. The summed E-state index contributed by atoms with van der Waals surface area (Å²) in [6, 6.07) is 14.9. The molecule has 1 heterocycles. The van der Waals surface area contributed by atoms with Crippen molar-refractivity contribution in [2.45, 2.75) is 46.1 Å². The molecule has 0 saturated heterocycles. The van der Waals surface area contributed by atoms with E-state index in [0.717, 1.165) is 12.0 Å². The molecule has 0 saturated carbocycles. The van der Waals surface area contributed by atoms with Crippen LogP contribution in [0, 0.1) is 0 Å². The minimum Gasteiger partial charge on any atom is -0.490 e. The van der Waals surface area contributed by atoms with Gasteiger partial charge in [-0.1, -0.05) is 50.2 Å². The normalized spacial score (nSPS) is 13.1. The number of para-hydroxylation sites is 1. The van der Waals surface area contributed by atoms with Gasteiger partial charge in [-0.2, -0.15) is 0 Å². The predicted octanol–water partition coefficient (Wildman–Crippen LogP) is 5.20. The maximum absolute atomic E-state index is 12.7. The van der Waals surface area contributed by atoms with Gasteiger partial charge in [0.05, 0.1) is 12.6 Å². The largest absolute Gasteiger partial charge is 0.490 e. The number of amides is 1. The zero-order valence-electron chi connectivity index (χ0n) is 17.3. The number of nitrogens with one attached hydrogen (secondary N) is 1. The van der Waals surface area contributed by atoms with Crippen LogP contribution in [0.3, 0.4) is 0 Å². The molecular formula is C24H27NO4. The average molecular weight is 393 g/mol. The fourth-order valence-corrected chi connectivity index (χ4v) is 3.25. The first-order valence-electron chi connectivity index (χ1n) is 10.0. The van der Waals surface area contributed by atoms with Crippen molar-refractivity contribution in [3.8, 4) is 5.75 Å². The van der Waals surface area contributed by atoms with Crippen molar-refractivity contribution >= 4 is 16.9 Å². The van der Waals surface area contributed by atoms with Crippen LogP contribution < -0.4 is 15.7 Å². The van der Waals surface area contributed by atoms with Crippen LogP contribution in [0.1, 0.15) is 67.6 Å². The lowest BCUT2D eigenvalue weighted by molar-refractivity contribution is 0.0936. The van der Waals surface area contributed by atoms with Crippen molar-refractivity contribution in [2.24, 2.45) is 0 Å². The van der Waals surface area contributed by atoms with E-state index in [-0.39, 0.29) is 11.6 Å². The molecule has 0 aliphatic carbocycles. The van der Waals surface area contributed by atoms with E-state index in [1.165, 1.54) is 5.56 Å². The van der Waals surface area contributed by atoms with Crippen molar-refractivity contribution in [3.05, 3.63) is 75.6 Å². The minimum atomic E-state index is -0.679. The highest BCUT2D eigenvalue weighted by molar-refractivity contribution is 5.97. The Hall–Kier alpha value is -3.08. The number of ether oxygens (including phenoxy) is 1. The van der Waals surface area contributed by atoms with E-state index in [9.17, 15) is 9.59 Å². The fraction of sp³-hybridized carbons (Fsp3) is 0.333. The van der Waals surface area contributed by atoms with Crippen molar-refractivity contribution < 1.29 is 13.9 Å². The Morgan fingerprint density at radius 1 is 1.07 bits per heavy atom. The molecule has 2 aromatic carbocycles. The van der Waals surface area contributed by atoms with Gasteiger partial charge in [0.2, 0.25) is 0 Å². The third-order valence-electron chi connectivity index (χ3n) is 5.23. The molecule has 0 bridgehead atoms. The van der Waals surface area contributed by atoms with Crippen molar-refractivity contribution in [1.29, 1.82) is 0 Å². The Balaban J connectivity index is 1.82. The minimum absolute atomic E-state index is 0.0192. The number of benzene rings is 2. The molecule has 1 N–H and O–H groups in total. The molecule has 2 atom stereocenters. The van der Waals surface area contributed by atoms with Gasteiger partial charge in [0.15, 0.2) is 11.3 Å². The van der Waals surface area contributed by atoms with Crippen LogP contribution in [-0.2, 0) is 0 Å². The monoisotopic (exact) mass is 393 g/mol. The average Bonchev–Trinajstić information content (AvgIpc) is 2.73. The number of carbonyl (C=O) groups excluding carboxylic acids is 1. The second-order valence-corrected chi connectivity index (χ2v) is 7.23. The summed E-state index contributed by atoms with van der Waals surface area (Å²) in [4.78, 5) is 25.1. The quantitative estimate of drug-likeness (QED) is 0.561. The highest BCUT2D eigenvalue weighted by Gasteiger charge is 2.18. The lowest BCUT2D eigenvalue weighted by Gasteiger charge is -2.16. The van der Waals surface area contributed by atoms with Gasteiger partial charge < -0.3 is 14.5 Å². The van der Waals surface area contributed by atoms with Gasteiger partial charge in [0, 0.05) is 5.39 Å². The van der Waals surface area contributed by atoms with Crippen LogP contribution in [-0.4, -0.2) is 12.5 Å². The summed E-state index contributed by atoms with van der Waals surface area (Å²) in [5.74, 6) is 0.530. The Labute approximate surface area is 170 Å². The van der Waals surface area contributed by atoms with E-state index in [4.69, 9.17) is 9.15 Å². The summed E-state index contributed by atoms with van der Waals surface area (Å²) in [7, 11) is 0. The third-order valence-corrected chi connectivity index (χ3v) is 5.23. The number of rotatable bonds is 7. The lowest BCUT2D eigenvalue weighted by Crippen LogP contribution is -2.30. The topological polar surface area (TPSA) is 68.5 Å². The SMILES string of the molecule is CCOc1cccc2cc(C(=O)N[C@@H](C)c3ccc([C@H](C)CC)cc3)c(=O)oc12. The van der Waals surface area contributed by atoms with Crippen LogP contribution in [0.4, 0.5) is 0 Å². The summed E-state index contributed by atoms with van der Waals surface area (Å²) >= 11 is 0. The zero-order valence-corrected chi connectivity index (χ0v) is 17.3. The lowest BCUT2D eigenvalue weighted by atomic mass is 9.96. The molecule has 3 rings (SSSR count). The van der Waals surface area contributed by atoms with Crippen molar-refractivity contribution in [2.75, 3.05) is 6.61 Å². The molecule has 152 valence electrons. The Morgan fingerprint density at radius 2 is 1.76 bits per heavy atom. The molecular weight excluding hydrogens is 366 g/mol. The van der Waals surface area contributed by atoms with Crippen LogP contribution >= 0.6 is 0 Å². The standard InChI is InChI=1S/C24H27NO4/c1-5-15(3)17-10-12-18(13-11-17)16(4)25-23(26)20-14-19-8-7-9-21(28-6-2)22(19)29-24(20)27/h7-16H,5-6H2,1-4H3,(H,25,26)/t15-,16+/m1/s1. The van der Waals surface area contributed by atoms with Gasteiger partial charge in [-0.15, -0.1) is 0 Å². The molecule has 0 aliphatic rings. The number of carbonyl (C=O) groups is 1. The molecule has 1 amide bonds. The molecule has 0 spiro atoms. The van der Waals surface area contributed by atoms with Crippen LogP contribution in [0.2, 0.25) is 0 Å². The number of fused-ring (bicyclic) bond motifs is 1. The molecule has 5 nitrogen and oxygen atoms in total. The first-order valence-corrected chi connectivity index (χ1v) is 10.0. The van der Waals surface area contributed by atoms with Gasteiger partial charge in [0.1, 0.15) is 5.56 Å². The van der Waals surface area contributed by atoms with E-state index in [1.54, 1.807) is 24.3 Å². The molecule has 5 heteroatoms. The summed E-state index contributed by atoms with van der Waals surface area (Å²) < 4.78 is 10.9. The van der Waals surface area contributed by atoms with E-state index in [2.05, 4.69) is 31.3 Å². The van der Waals surface area contributed by atoms with E-state index < -0.39 is 11.5 Å². The molecule has 0 unspecified atom stereocenters. The van der Waals surface area contributed by atoms with Gasteiger partial charge in [-0.05, 0) is 49.4 Å². The Bertz CT molecular complexity index is 1050. The molecule has 0 fully saturated rings. The Morgan fingerprint density at radius 3 is 2.41 bits per heavy atom. The fourth-order valence-electron chi connectivity index (χ4n) is 3.25. The third kappa shape index (κ3) is 4.50. The maximum atomic E-state index is 12.7. The molecule has 0 radical (unpaired) electrons. The summed E-state index contributed by atoms with van der Waals surface area (Å²) in [6.07, 6.45) is 1.08. The molecule has 3 aromatic rings. The van der Waals surface area contributed by atoms with Gasteiger partial charge in [0.25, 0.3) is 5.91 Å². The van der Waals surface area contributed by atoms with Crippen LogP contribution in [0.5, 0.6) is 5.75 Å². The van der Waals surface area contributed by atoms with Gasteiger partial charge >= 0.3 is 5.63 Å². The second-order valence-electron chi connectivity index (χ2n) is 7.23. The number of hydrogen-bond acceptors (Lipinski definition) is 4. The van der Waals surface area contributed by atoms with Gasteiger partial charge in [-0.3, -0.25) is 4.79 Å². The second kappa shape index (κ2) is 8.95. The summed E-state index contributed by atoms with van der Waals surface area (Å²) in [5, 5.41) is 3.53. The first-order chi connectivity index (χ1) is 13.9. The van der Waals surface area contributed by atoms with E-state index >= 15 is 0 Å². The Kier molecular flexibility index (Phi) is 6.37. The number of hydrogen-bond donors (Lipinski definition) is 1. The summed E-state index contributed by atoms with van der Waals surface area (Å²) in [5.41, 5.74) is 1.91. The van der Waals surface area contributed by atoms with Crippen molar-refractivity contribution in [3.63, 3.8) is 0 Å². The van der Waals surface area contributed by atoms with Crippen molar-refractivity contribution in [1.82, 2.24) is 5.32 Å².